The van der Waals surface area contributed by atoms with Crippen molar-refractivity contribution in [3.05, 3.63) is 24.3 Å². The monoisotopic (exact) mass is 916 g/mol. The number of amides is 1. The van der Waals surface area contributed by atoms with Gasteiger partial charge in [-0.3, -0.25) is 9.59 Å². The fourth-order valence-electron chi connectivity index (χ4n) is 8.98. The Morgan fingerprint density at radius 3 is 1.09 bits per heavy atom. The summed E-state index contributed by atoms with van der Waals surface area (Å²) in [6.07, 6.45) is 66.2. The molecule has 6 nitrogen and oxygen atoms in total. The Bertz CT molecular complexity index is 1010. The molecule has 0 saturated heterocycles. The lowest BCUT2D eigenvalue weighted by atomic mass is 10.0. The van der Waals surface area contributed by atoms with E-state index in [4.69, 9.17) is 4.74 Å². The van der Waals surface area contributed by atoms with Crippen molar-refractivity contribution in [2.75, 3.05) is 13.2 Å². The number of allylic oxidation sites excluding steroid dienone is 3. The minimum Gasteiger partial charge on any atom is -0.466 e. The van der Waals surface area contributed by atoms with Crippen LogP contribution in [-0.2, 0) is 14.3 Å². The smallest absolute Gasteiger partial charge is 0.305 e. The average Bonchev–Trinajstić information content (AvgIpc) is 3.31. The second-order valence-corrected chi connectivity index (χ2v) is 20.0. The number of unbranched alkanes of at least 4 members (excludes halogenated alkanes) is 41. The average molecular weight is 917 g/mol. The molecule has 0 radical (unpaired) electrons. The Balaban J connectivity index is 3.45. The van der Waals surface area contributed by atoms with Crippen LogP contribution in [0.5, 0.6) is 0 Å². The van der Waals surface area contributed by atoms with Gasteiger partial charge in [0.25, 0.3) is 0 Å². The molecule has 65 heavy (non-hydrogen) atoms. The van der Waals surface area contributed by atoms with E-state index in [0.717, 1.165) is 57.8 Å². The number of esters is 1. The van der Waals surface area contributed by atoms with Crippen LogP contribution in [0.15, 0.2) is 24.3 Å². The quantitative estimate of drug-likeness (QED) is 0.0321. The molecular formula is C59H113NO5. The van der Waals surface area contributed by atoms with Crippen molar-refractivity contribution in [2.45, 2.75) is 328 Å². The molecular weight excluding hydrogens is 803 g/mol. The summed E-state index contributed by atoms with van der Waals surface area (Å²) in [6.45, 7) is 4.89. The van der Waals surface area contributed by atoms with Gasteiger partial charge in [0.05, 0.1) is 25.4 Å². The zero-order chi connectivity index (χ0) is 47.2. The van der Waals surface area contributed by atoms with E-state index in [1.807, 2.05) is 6.08 Å². The summed E-state index contributed by atoms with van der Waals surface area (Å²) in [6, 6.07) is -0.637. The van der Waals surface area contributed by atoms with Crippen molar-refractivity contribution in [2.24, 2.45) is 0 Å². The van der Waals surface area contributed by atoms with Gasteiger partial charge in [0.15, 0.2) is 0 Å². The number of carbonyl (C=O) groups excluding carboxylic acids is 2. The van der Waals surface area contributed by atoms with Gasteiger partial charge in [0.1, 0.15) is 0 Å². The van der Waals surface area contributed by atoms with Crippen molar-refractivity contribution in [3.8, 4) is 0 Å². The van der Waals surface area contributed by atoms with Gasteiger partial charge < -0.3 is 20.3 Å². The van der Waals surface area contributed by atoms with E-state index in [-0.39, 0.29) is 18.5 Å². The minimum atomic E-state index is -0.853. The van der Waals surface area contributed by atoms with E-state index in [9.17, 15) is 19.8 Å². The van der Waals surface area contributed by atoms with Gasteiger partial charge in [-0.05, 0) is 57.8 Å². The van der Waals surface area contributed by atoms with Crippen LogP contribution < -0.4 is 5.32 Å². The van der Waals surface area contributed by atoms with E-state index in [0.29, 0.717) is 19.4 Å². The Labute approximate surface area is 405 Å². The normalized spacial score (nSPS) is 12.7. The van der Waals surface area contributed by atoms with Crippen LogP contribution in [0.2, 0.25) is 0 Å². The standard InChI is InChI=1S/C59H113NO5/c1-3-5-7-9-11-13-15-17-19-21-22-23-25-29-33-37-41-45-49-53-59(64)65-54-50-46-42-38-34-30-26-28-32-36-40-44-48-52-58(63)60-56(55-61)57(62)51-47-43-39-35-31-27-24-20-18-16-14-12-10-8-6-4-2/h17,19,47,51,56-57,61-62H,3-16,18,20-46,48-50,52-55H2,1-2H3,(H,60,63)/b19-17-,51-47+. The Kier molecular flexibility index (Phi) is 53.5. The molecule has 0 heterocycles. The maximum atomic E-state index is 12.5. The molecule has 0 aliphatic rings. The summed E-state index contributed by atoms with van der Waals surface area (Å²) < 4.78 is 5.48. The Hall–Kier alpha value is -1.66. The number of hydrogen-bond donors (Lipinski definition) is 3. The molecule has 0 fully saturated rings. The fraction of sp³-hybridized carbons (Fsp3) is 0.898. The first kappa shape index (κ1) is 63.3. The Morgan fingerprint density at radius 2 is 0.723 bits per heavy atom. The third kappa shape index (κ3) is 51.6. The highest BCUT2D eigenvalue weighted by molar-refractivity contribution is 5.76. The highest BCUT2D eigenvalue weighted by Crippen LogP contribution is 2.17. The third-order valence-electron chi connectivity index (χ3n) is 13.5. The summed E-state index contributed by atoms with van der Waals surface area (Å²) >= 11 is 0. The van der Waals surface area contributed by atoms with Crippen LogP contribution in [0.1, 0.15) is 316 Å². The predicted octanol–water partition coefficient (Wildman–Crippen LogP) is 17.9. The van der Waals surface area contributed by atoms with E-state index in [1.165, 1.54) is 231 Å². The maximum absolute atomic E-state index is 12.5. The first-order chi connectivity index (χ1) is 32.0. The molecule has 2 atom stereocenters. The van der Waals surface area contributed by atoms with Crippen molar-refractivity contribution in [1.29, 1.82) is 0 Å². The van der Waals surface area contributed by atoms with Gasteiger partial charge in [0, 0.05) is 12.8 Å². The van der Waals surface area contributed by atoms with E-state index in [1.54, 1.807) is 6.08 Å². The lowest BCUT2D eigenvalue weighted by Crippen LogP contribution is -2.45. The molecule has 6 heteroatoms. The van der Waals surface area contributed by atoms with Gasteiger partial charge in [-0.25, -0.2) is 0 Å². The zero-order valence-electron chi connectivity index (χ0n) is 43.7. The molecule has 0 aromatic carbocycles. The molecule has 0 spiro atoms. The number of rotatable bonds is 54. The number of ether oxygens (including phenoxy) is 1. The van der Waals surface area contributed by atoms with Crippen LogP contribution in [0.3, 0.4) is 0 Å². The van der Waals surface area contributed by atoms with Crippen LogP contribution in [0, 0.1) is 0 Å². The molecule has 3 N–H and O–H groups in total. The number of hydrogen-bond acceptors (Lipinski definition) is 5. The molecule has 0 rings (SSSR count). The lowest BCUT2D eigenvalue weighted by Gasteiger charge is -2.20. The van der Waals surface area contributed by atoms with Crippen molar-refractivity contribution in [3.63, 3.8) is 0 Å². The minimum absolute atomic E-state index is 0.00696. The second-order valence-electron chi connectivity index (χ2n) is 20.0. The number of carbonyl (C=O) groups is 2. The van der Waals surface area contributed by atoms with E-state index >= 15 is 0 Å². The summed E-state index contributed by atoms with van der Waals surface area (Å²) in [5.74, 6) is -0.0861. The van der Waals surface area contributed by atoms with Crippen LogP contribution in [0.4, 0.5) is 0 Å². The van der Waals surface area contributed by atoms with Crippen LogP contribution >= 0.6 is 0 Å². The van der Waals surface area contributed by atoms with Gasteiger partial charge in [0.2, 0.25) is 5.91 Å². The highest BCUT2D eigenvalue weighted by Gasteiger charge is 2.18. The molecule has 0 aromatic rings. The largest absolute Gasteiger partial charge is 0.466 e. The summed E-state index contributed by atoms with van der Waals surface area (Å²) in [5.41, 5.74) is 0. The fourth-order valence-corrected chi connectivity index (χ4v) is 8.98. The van der Waals surface area contributed by atoms with Crippen molar-refractivity contribution >= 4 is 11.9 Å². The van der Waals surface area contributed by atoms with Gasteiger partial charge in [-0.1, -0.05) is 269 Å². The predicted molar refractivity (Wildman–Crippen MR) is 283 cm³/mol. The summed E-state index contributed by atoms with van der Waals surface area (Å²) in [4.78, 5) is 24.5. The molecule has 2 unspecified atom stereocenters. The number of aliphatic hydroxyl groups excluding tert-OH is 2. The second kappa shape index (κ2) is 54.9. The lowest BCUT2D eigenvalue weighted by molar-refractivity contribution is -0.143. The van der Waals surface area contributed by atoms with E-state index < -0.39 is 12.1 Å². The molecule has 0 saturated carbocycles. The zero-order valence-corrected chi connectivity index (χ0v) is 43.7. The summed E-state index contributed by atoms with van der Waals surface area (Å²) in [5, 5.41) is 23.1. The molecule has 0 aromatic heterocycles. The first-order valence-corrected chi connectivity index (χ1v) is 29.1. The topological polar surface area (TPSA) is 95.9 Å². The van der Waals surface area contributed by atoms with Crippen molar-refractivity contribution in [1.82, 2.24) is 5.32 Å². The third-order valence-corrected chi connectivity index (χ3v) is 13.5. The maximum Gasteiger partial charge on any atom is 0.305 e. The Morgan fingerprint density at radius 1 is 0.415 bits per heavy atom. The number of nitrogens with one attached hydrogen (secondary N) is 1. The van der Waals surface area contributed by atoms with Crippen LogP contribution in [0.25, 0.3) is 0 Å². The van der Waals surface area contributed by atoms with Gasteiger partial charge >= 0.3 is 5.97 Å². The van der Waals surface area contributed by atoms with Gasteiger partial charge in [-0.2, -0.15) is 0 Å². The molecule has 0 aliphatic heterocycles. The first-order valence-electron chi connectivity index (χ1n) is 29.1. The van der Waals surface area contributed by atoms with Crippen molar-refractivity contribution < 1.29 is 24.5 Å². The molecule has 1 amide bonds. The van der Waals surface area contributed by atoms with Crippen LogP contribution in [-0.4, -0.2) is 47.4 Å². The van der Waals surface area contributed by atoms with E-state index in [2.05, 4.69) is 31.3 Å². The molecule has 0 aliphatic carbocycles. The number of aliphatic hydroxyl groups is 2. The van der Waals surface area contributed by atoms with Gasteiger partial charge in [-0.15, -0.1) is 0 Å². The summed E-state index contributed by atoms with van der Waals surface area (Å²) in [7, 11) is 0. The highest BCUT2D eigenvalue weighted by atomic mass is 16.5. The molecule has 384 valence electrons. The SMILES string of the molecule is CCCCCCCC/C=C\CCCCCCCCCCCC(=O)OCCCCCCCCCCCCCCCC(=O)NC(CO)C(O)/C=C/CCCCCCCCCCCCCCCC. The molecule has 0 bridgehead atoms.